The first-order chi connectivity index (χ1) is 18.0. The van der Waals surface area contributed by atoms with Crippen molar-refractivity contribution in [3.05, 3.63) is 90.5 Å². The number of benzene rings is 3. The lowest BCUT2D eigenvalue weighted by molar-refractivity contribution is -0.132. The molecule has 4 rings (SSSR count). The van der Waals surface area contributed by atoms with Gasteiger partial charge in [0.25, 0.3) is 0 Å². The number of carbonyl (C=O) groups excluding carboxylic acids is 3. The molecule has 0 spiro atoms. The summed E-state index contributed by atoms with van der Waals surface area (Å²) in [6, 6.07) is 24.8. The molecule has 10 heteroatoms. The van der Waals surface area contributed by atoms with Gasteiger partial charge in [0.2, 0.25) is 17.7 Å². The van der Waals surface area contributed by atoms with Gasteiger partial charge in [-0.15, -0.1) is 0 Å². The minimum absolute atomic E-state index is 0.0607. The number of para-hydroxylation sites is 1. The second kappa shape index (κ2) is 13.0. The molecule has 3 aromatic rings. The molecule has 1 aliphatic rings. The Balaban J connectivity index is 1.37. The average molecular weight is 536 g/mol. The standard InChI is InChI=1S/C27H25N3O5S2/c31-24(15-30-25(32)18-37-27(30)36)29-23(17-34-16-19-7-3-1-4-8-19)26(33)28-20-11-13-22(14-12-20)35-21-9-5-2-6-10-21/h1-14,23H,15-18H2,(H,28,33)(H,29,31). The number of thiocarbonyl (C=S) groups is 1. The molecule has 8 nitrogen and oxygen atoms in total. The average Bonchev–Trinajstić information content (AvgIpc) is 3.22. The molecule has 0 radical (unpaired) electrons. The molecule has 2 N–H and O–H groups in total. The van der Waals surface area contributed by atoms with Crippen molar-refractivity contribution in [3.8, 4) is 11.5 Å². The quantitative estimate of drug-likeness (QED) is 0.359. The number of nitrogens with one attached hydrogen (secondary N) is 2. The van der Waals surface area contributed by atoms with E-state index in [-0.39, 0.29) is 31.4 Å². The summed E-state index contributed by atoms with van der Waals surface area (Å²) in [7, 11) is 0. The van der Waals surface area contributed by atoms with E-state index in [1.165, 1.54) is 16.7 Å². The van der Waals surface area contributed by atoms with E-state index in [1.807, 2.05) is 60.7 Å². The second-order valence-corrected chi connectivity index (χ2v) is 9.69. The Morgan fingerprint density at radius 3 is 2.24 bits per heavy atom. The Labute approximate surface area is 224 Å². The van der Waals surface area contributed by atoms with Crippen molar-refractivity contribution >= 4 is 51.7 Å². The van der Waals surface area contributed by atoms with Gasteiger partial charge in [-0.3, -0.25) is 19.3 Å². The fourth-order valence-electron chi connectivity index (χ4n) is 3.43. The van der Waals surface area contributed by atoms with Gasteiger partial charge >= 0.3 is 0 Å². The lowest BCUT2D eigenvalue weighted by Gasteiger charge is -2.21. The molecule has 1 aliphatic heterocycles. The van der Waals surface area contributed by atoms with Crippen LogP contribution in [0.5, 0.6) is 11.5 Å². The minimum Gasteiger partial charge on any atom is -0.457 e. The molecule has 0 aromatic heterocycles. The zero-order valence-electron chi connectivity index (χ0n) is 19.8. The number of rotatable bonds is 11. The van der Waals surface area contributed by atoms with E-state index in [9.17, 15) is 14.4 Å². The second-order valence-electron chi connectivity index (χ2n) is 8.08. The molecule has 1 unspecified atom stereocenters. The Kier molecular flexibility index (Phi) is 9.25. The first-order valence-corrected chi connectivity index (χ1v) is 12.9. The smallest absolute Gasteiger partial charge is 0.249 e. The number of ether oxygens (including phenoxy) is 2. The van der Waals surface area contributed by atoms with Crippen LogP contribution in [-0.2, 0) is 25.7 Å². The van der Waals surface area contributed by atoms with Crippen molar-refractivity contribution in [1.82, 2.24) is 10.2 Å². The maximum Gasteiger partial charge on any atom is 0.249 e. The molecule has 0 bridgehead atoms. The molecule has 0 aliphatic carbocycles. The van der Waals surface area contributed by atoms with E-state index in [0.717, 1.165) is 5.56 Å². The number of thioether (sulfide) groups is 1. The molecule has 1 atom stereocenters. The van der Waals surface area contributed by atoms with E-state index < -0.39 is 17.9 Å². The fraction of sp³-hybridized carbons (Fsp3) is 0.185. The zero-order valence-corrected chi connectivity index (χ0v) is 21.4. The Morgan fingerprint density at radius 1 is 0.946 bits per heavy atom. The van der Waals surface area contributed by atoms with Crippen molar-refractivity contribution in [2.45, 2.75) is 12.6 Å². The number of hydrogen-bond acceptors (Lipinski definition) is 7. The summed E-state index contributed by atoms with van der Waals surface area (Å²) >= 11 is 6.35. The first kappa shape index (κ1) is 26.3. The van der Waals surface area contributed by atoms with Crippen LogP contribution >= 0.6 is 24.0 Å². The lowest BCUT2D eigenvalue weighted by Crippen LogP contribution is -2.50. The van der Waals surface area contributed by atoms with Crippen LogP contribution in [0.4, 0.5) is 5.69 Å². The van der Waals surface area contributed by atoms with Crippen LogP contribution in [0.3, 0.4) is 0 Å². The van der Waals surface area contributed by atoms with Crippen LogP contribution in [0.25, 0.3) is 0 Å². The van der Waals surface area contributed by atoms with E-state index in [1.54, 1.807) is 24.3 Å². The number of hydrogen-bond donors (Lipinski definition) is 2. The molecule has 37 heavy (non-hydrogen) atoms. The predicted molar refractivity (Wildman–Crippen MR) is 146 cm³/mol. The molecule has 3 amide bonds. The number of nitrogens with zero attached hydrogens (tertiary/aromatic N) is 1. The van der Waals surface area contributed by atoms with Gasteiger partial charge < -0.3 is 20.1 Å². The van der Waals surface area contributed by atoms with Crippen LogP contribution < -0.4 is 15.4 Å². The summed E-state index contributed by atoms with van der Waals surface area (Å²) in [5.74, 6) is 0.331. The molecule has 1 heterocycles. The van der Waals surface area contributed by atoms with E-state index in [2.05, 4.69) is 10.6 Å². The number of amides is 3. The van der Waals surface area contributed by atoms with Crippen LogP contribution in [0.1, 0.15) is 5.56 Å². The molecule has 3 aromatic carbocycles. The van der Waals surface area contributed by atoms with Crippen molar-refractivity contribution in [1.29, 1.82) is 0 Å². The molecule has 0 saturated carbocycles. The highest BCUT2D eigenvalue weighted by atomic mass is 32.2. The van der Waals surface area contributed by atoms with E-state index in [4.69, 9.17) is 21.7 Å². The van der Waals surface area contributed by atoms with Gasteiger partial charge in [-0.05, 0) is 42.0 Å². The summed E-state index contributed by atoms with van der Waals surface area (Å²) in [6.45, 7) is -0.0369. The molecular weight excluding hydrogens is 510 g/mol. The maximum absolute atomic E-state index is 13.1. The molecule has 1 fully saturated rings. The van der Waals surface area contributed by atoms with Gasteiger partial charge in [0.05, 0.1) is 19.0 Å². The SMILES string of the molecule is O=C(CN1C(=O)CSC1=S)NC(COCc1ccccc1)C(=O)Nc1ccc(Oc2ccccc2)cc1. The summed E-state index contributed by atoms with van der Waals surface area (Å²) in [4.78, 5) is 39.0. The van der Waals surface area contributed by atoms with Crippen molar-refractivity contribution < 1.29 is 23.9 Å². The van der Waals surface area contributed by atoms with Gasteiger partial charge in [-0.2, -0.15) is 0 Å². The monoisotopic (exact) mass is 535 g/mol. The van der Waals surface area contributed by atoms with Gasteiger partial charge in [0.15, 0.2) is 0 Å². The van der Waals surface area contributed by atoms with Crippen molar-refractivity contribution in [3.63, 3.8) is 0 Å². The Morgan fingerprint density at radius 2 is 1.59 bits per heavy atom. The summed E-state index contributed by atoms with van der Waals surface area (Å²) in [5.41, 5.74) is 1.46. The Bertz CT molecular complexity index is 1220. The summed E-state index contributed by atoms with van der Waals surface area (Å²) in [5, 5.41) is 5.47. The topological polar surface area (TPSA) is 97.0 Å². The molecular formula is C27H25N3O5S2. The zero-order chi connectivity index (χ0) is 26.0. The normalized spacial score (nSPS) is 13.8. The largest absolute Gasteiger partial charge is 0.457 e. The van der Waals surface area contributed by atoms with E-state index >= 15 is 0 Å². The predicted octanol–water partition coefficient (Wildman–Crippen LogP) is 3.98. The fourth-order valence-corrected chi connectivity index (χ4v) is 4.50. The lowest BCUT2D eigenvalue weighted by atomic mass is 10.2. The minimum atomic E-state index is -0.990. The molecule has 190 valence electrons. The van der Waals surface area contributed by atoms with Gasteiger partial charge in [0.1, 0.15) is 28.4 Å². The highest BCUT2D eigenvalue weighted by molar-refractivity contribution is 8.23. The highest BCUT2D eigenvalue weighted by Crippen LogP contribution is 2.23. The van der Waals surface area contributed by atoms with Crippen LogP contribution in [0.2, 0.25) is 0 Å². The van der Waals surface area contributed by atoms with Crippen molar-refractivity contribution in [2.75, 3.05) is 24.2 Å². The van der Waals surface area contributed by atoms with Gasteiger partial charge in [-0.25, -0.2) is 0 Å². The summed E-state index contributed by atoms with van der Waals surface area (Å²) in [6.07, 6.45) is 0. The summed E-state index contributed by atoms with van der Waals surface area (Å²) < 4.78 is 11.9. The molecule has 1 saturated heterocycles. The number of anilines is 1. The van der Waals surface area contributed by atoms with E-state index in [0.29, 0.717) is 21.5 Å². The number of carbonyl (C=O) groups is 3. The third-order valence-electron chi connectivity index (χ3n) is 5.29. The van der Waals surface area contributed by atoms with Crippen LogP contribution in [0.15, 0.2) is 84.9 Å². The van der Waals surface area contributed by atoms with Gasteiger partial charge in [-0.1, -0.05) is 72.5 Å². The van der Waals surface area contributed by atoms with Crippen molar-refractivity contribution in [2.24, 2.45) is 0 Å². The van der Waals surface area contributed by atoms with Crippen LogP contribution in [-0.4, -0.2) is 51.9 Å². The third kappa shape index (κ3) is 7.88. The highest BCUT2D eigenvalue weighted by Gasteiger charge is 2.30. The maximum atomic E-state index is 13.1. The van der Waals surface area contributed by atoms with Gasteiger partial charge in [0, 0.05) is 5.69 Å². The third-order valence-corrected chi connectivity index (χ3v) is 6.72. The Hall–Kier alpha value is -3.73. The first-order valence-electron chi connectivity index (χ1n) is 11.5. The van der Waals surface area contributed by atoms with Crippen LogP contribution in [0, 0.1) is 0 Å².